The molecular weight excluding hydrogens is 721 g/mol. The smallest absolute Gasteiger partial charge is 0.235 e. The van der Waals surface area contributed by atoms with Crippen molar-refractivity contribution in [3.63, 3.8) is 0 Å². The van der Waals surface area contributed by atoms with Gasteiger partial charge in [-0.15, -0.1) is 0 Å². The van der Waals surface area contributed by atoms with Crippen molar-refractivity contribution in [2.45, 2.75) is 0 Å². The minimum atomic E-state index is 0.610. The Morgan fingerprint density at radius 3 is 1.88 bits per heavy atom. The molecule has 0 aliphatic heterocycles. The van der Waals surface area contributed by atoms with Gasteiger partial charge in [-0.3, -0.25) is 4.57 Å². The van der Waals surface area contributed by atoms with Gasteiger partial charge in [-0.1, -0.05) is 140 Å². The number of fused-ring (bicyclic) bond motifs is 13. The molecular formula is C54H32N4O. The second-order valence-corrected chi connectivity index (χ2v) is 15.3. The van der Waals surface area contributed by atoms with E-state index in [-0.39, 0.29) is 0 Å². The molecule has 5 nitrogen and oxygen atoms in total. The Kier molecular flexibility index (Phi) is 6.66. The summed E-state index contributed by atoms with van der Waals surface area (Å²) in [5.41, 5.74) is 12.3. The van der Waals surface area contributed by atoms with E-state index in [0.717, 1.165) is 88.2 Å². The van der Waals surface area contributed by atoms with E-state index in [0.29, 0.717) is 5.95 Å². The van der Waals surface area contributed by atoms with Crippen LogP contribution in [-0.4, -0.2) is 19.1 Å². The van der Waals surface area contributed by atoms with Gasteiger partial charge >= 0.3 is 0 Å². The van der Waals surface area contributed by atoms with E-state index in [1.54, 1.807) is 0 Å². The van der Waals surface area contributed by atoms with Crippen LogP contribution in [0.1, 0.15) is 0 Å². The monoisotopic (exact) mass is 752 g/mol. The third kappa shape index (κ3) is 4.67. The second kappa shape index (κ2) is 12.2. The number of hydrogen-bond donors (Lipinski definition) is 0. The molecule has 9 aromatic carbocycles. The van der Waals surface area contributed by atoms with E-state index < -0.39 is 0 Å². The van der Waals surface area contributed by atoms with Gasteiger partial charge in [-0.05, 0) is 76.5 Å². The van der Waals surface area contributed by atoms with Crippen molar-refractivity contribution in [3.05, 3.63) is 194 Å². The lowest BCUT2D eigenvalue weighted by Crippen LogP contribution is -2.03. The number of rotatable bonds is 4. The molecule has 0 unspecified atom stereocenters. The van der Waals surface area contributed by atoms with Crippen molar-refractivity contribution < 1.29 is 4.42 Å². The molecule has 0 spiro atoms. The van der Waals surface area contributed by atoms with Crippen LogP contribution in [-0.2, 0) is 0 Å². The Balaban J connectivity index is 1.15. The molecule has 59 heavy (non-hydrogen) atoms. The molecule has 0 atom stereocenters. The minimum Gasteiger partial charge on any atom is -0.455 e. The summed E-state index contributed by atoms with van der Waals surface area (Å²) >= 11 is 0. The Bertz CT molecular complexity index is 3830. The SMILES string of the molecule is c1ccc(-c2ccc(-c3nc(-n4c5ccc6c7ccccc7oc6c5c5c6c7ccccc7n(-c7ccc8ccccc8c7)c6ccc54)nc4ccccc34)cc2)cc1. The molecule has 4 heterocycles. The summed E-state index contributed by atoms with van der Waals surface area (Å²) in [5, 5.41) is 10.1. The molecule has 0 radical (unpaired) electrons. The Hall–Kier alpha value is -8.02. The van der Waals surface area contributed by atoms with Gasteiger partial charge in [-0.25, -0.2) is 9.97 Å². The lowest BCUT2D eigenvalue weighted by atomic mass is 10.0. The van der Waals surface area contributed by atoms with Crippen LogP contribution in [0, 0.1) is 0 Å². The van der Waals surface area contributed by atoms with Crippen molar-refractivity contribution in [2.75, 3.05) is 0 Å². The maximum absolute atomic E-state index is 6.87. The van der Waals surface area contributed by atoms with Crippen molar-refractivity contribution in [2.24, 2.45) is 0 Å². The summed E-state index contributed by atoms with van der Waals surface area (Å²) in [5.74, 6) is 0.610. The van der Waals surface area contributed by atoms with E-state index in [2.05, 4.69) is 191 Å². The molecule has 0 amide bonds. The van der Waals surface area contributed by atoms with E-state index in [4.69, 9.17) is 14.4 Å². The van der Waals surface area contributed by atoms with Crippen molar-refractivity contribution >= 4 is 87.2 Å². The highest BCUT2D eigenvalue weighted by atomic mass is 16.3. The van der Waals surface area contributed by atoms with Gasteiger partial charge in [0, 0.05) is 43.6 Å². The van der Waals surface area contributed by atoms with Crippen LogP contribution in [0.15, 0.2) is 199 Å². The fourth-order valence-electron chi connectivity index (χ4n) is 9.47. The van der Waals surface area contributed by atoms with Crippen LogP contribution in [0.25, 0.3) is 121 Å². The molecule has 0 saturated carbocycles. The molecule has 0 bridgehead atoms. The van der Waals surface area contributed by atoms with Crippen LogP contribution in [0.3, 0.4) is 0 Å². The summed E-state index contributed by atoms with van der Waals surface area (Å²) in [6.45, 7) is 0. The zero-order valence-electron chi connectivity index (χ0n) is 31.7. The fraction of sp³-hybridized carbons (Fsp3) is 0. The third-order valence-electron chi connectivity index (χ3n) is 12.1. The van der Waals surface area contributed by atoms with Gasteiger partial charge in [-0.2, -0.15) is 0 Å². The summed E-state index contributed by atoms with van der Waals surface area (Å²) in [6.07, 6.45) is 0. The van der Waals surface area contributed by atoms with Crippen LogP contribution < -0.4 is 0 Å². The number of para-hydroxylation sites is 3. The number of hydrogen-bond acceptors (Lipinski definition) is 3. The van der Waals surface area contributed by atoms with Crippen molar-refractivity contribution in [1.29, 1.82) is 0 Å². The molecule has 0 fully saturated rings. The van der Waals surface area contributed by atoms with Crippen LogP contribution >= 0.6 is 0 Å². The van der Waals surface area contributed by atoms with Crippen molar-refractivity contribution in [1.82, 2.24) is 19.1 Å². The molecule has 0 N–H and O–H groups in total. The van der Waals surface area contributed by atoms with Crippen LogP contribution in [0.5, 0.6) is 0 Å². The summed E-state index contributed by atoms with van der Waals surface area (Å²) in [4.78, 5) is 10.8. The first-order valence-electron chi connectivity index (χ1n) is 20.0. The lowest BCUT2D eigenvalue weighted by molar-refractivity contribution is 0.673. The van der Waals surface area contributed by atoms with Crippen molar-refractivity contribution in [3.8, 4) is 34.0 Å². The van der Waals surface area contributed by atoms with E-state index in [1.807, 2.05) is 12.1 Å². The lowest BCUT2D eigenvalue weighted by Gasteiger charge is -2.12. The second-order valence-electron chi connectivity index (χ2n) is 15.3. The average molecular weight is 753 g/mol. The van der Waals surface area contributed by atoms with E-state index in [9.17, 15) is 0 Å². The largest absolute Gasteiger partial charge is 0.455 e. The summed E-state index contributed by atoms with van der Waals surface area (Å²) in [7, 11) is 0. The fourth-order valence-corrected chi connectivity index (χ4v) is 9.47. The highest BCUT2D eigenvalue weighted by Crippen LogP contribution is 2.46. The molecule has 274 valence electrons. The molecule has 4 aromatic heterocycles. The van der Waals surface area contributed by atoms with Gasteiger partial charge in [0.15, 0.2) is 0 Å². The standard InChI is InChI=1S/C54H32N4O/c1-2-12-33(13-3-1)35-22-24-36(25-23-35)52-41-17-6-9-19-43(41)55-54(56-52)58-46-31-30-45-49(50(46)51-47(58)29-28-40-39-16-8-11-21-48(39)59-53(40)51)42-18-7-10-20-44(42)57(45)38-27-26-34-14-4-5-15-37(34)32-38/h1-32H. The van der Waals surface area contributed by atoms with Gasteiger partial charge in [0.2, 0.25) is 5.95 Å². The molecule has 13 aromatic rings. The van der Waals surface area contributed by atoms with Gasteiger partial charge in [0.1, 0.15) is 11.2 Å². The molecule has 0 saturated heterocycles. The predicted molar refractivity (Wildman–Crippen MR) is 244 cm³/mol. The first-order valence-corrected chi connectivity index (χ1v) is 20.0. The first kappa shape index (κ1) is 32.1. The normalized spacial score (nSPS) is 12.1. The predicted octanol–water partition coefficient (Wildman–Crippen LogP) is 14.2. The number of furan rings is 1. The number of aromatic nitrogens is 4. The first-order chi connectivity index (χ1) is 29.3. The van der Waals surface area contributed by atoms with E-state index >= 15 is 0 Å². The van der Waals surface area contributed by atoms with Gasteiger partial charge in [0.25, 0.3) is 0 Å². The van der Waals surface area contributed by atoms with E-state index in [1.165, 1.54) is 27.1 Å². The summed E-state index contributed by atoms with van der Waals surface area (Å²) < 4.78 is 11.5. The molecule has 5 heteroatoms. The average Bonchev–Trinajstić information content (AvgIpc) is 3.96. The number of nitrogens with zero attached hydrogens (tertiary/aromatic N) is 4. The maximum Gasteiger partial charge on any atom is 0.235 e. The Morgan fingerprint density at radius 1 is 0.373 bits per heavy atom. The van der Waals surface area contributed by atoms with Gasteiger partial charge in [0.05, 0.1) is 38.7 Å². The van der Waals surface area contributed by atoms with Crippen LogP contribution in [0.4, 0.5) is 0 Å². The minimum absolute atomic E-state index is 0.610. The molecule has 0 aliphatic rings. The molecule has 13 rings (SSSR count). The summed E-state index contributed by atoms with van der Waals surface area (Å²) in [6, 6.07) is 68.8. The zero-order chi connectivity index (χ0) is 38.6. The highest BCUT2D eigenvalue weighted by molar-refractivity contribution is 6.34. The maximum atomic E-state index is 6.87. The van der Waals surface area contributed by atoms with Crippen LogP contribution in [0.2, 0.25) is 0 Å². The third-order valence-corrected chi connectivity index (χ3v) is 12.1. The highest BCUT2D eigenvalue weighted by Gasteiger charge is 2.25. The van der Waals surface area contributed by atoms with Gasteiger partial charge < -0.3 is 8.98 Å². The topological polar surface area (TPSA) is 48.8 Å². The Labute approximate surface area is 337 Å². The Morgan fingerprint density at radius 2 is 1.02 bits per heavy atom. The quantitative estimate of drug-likeness (QED) is 0.180. The zero-order valence-corrected chi connectivity index (χ0v) is 31.7. The number of benzene rings is 9. The molecule has 0 aliphatic carbocycles.